The van der Waals surface area contributed by atoms with Crippen LogP contribution in [0.5, 0.6) is 0 Å². The Morgan fingerprint density at radius 2 is 2.46 bits per heavy atom. The van der Waals surface area contributed by atoms with Gasteiger partial charge in [0.2, 0.25) is 0 Å². The number of ether oxygens (including phenoxy) is 1. The largest absolute Gasteiger partial charge is 0.481 e. The van der Waals surface area contributed by atoms with Crippen LogP contribution in [0.1, 0.15) is 32.6 Å². The highest BCUT2D eigenvalue weighted by Gasteiger charge is 2.17. The van der Waals surface area contributed by atoms with Gasteiger partial charge in [-0.1, -0.05) is 6.92 Å². The summed E-state index contributed by atoms with van der Waals surface area (Å²) in [7, 11) is 0. The van der Waals surface area contributed by atoms with E-state index in [0.29, 0.717) is 5.92 Å². The van der Waals surface area contributed by atoms with Gasteiger partial charge in [0.15, 0.2) is 0 Å². The molecule has 3 heteroatoms. The number of hydrogen-bond acceptors (Lipinski definition) is 2. The summed E-state index contributed by atoms with van der Waals surface area (Å²) in [5.74, 6) is -0.297. The highest BCUT2D eigenvalue weighted by Crippen LogP contribution is 2.21. The monoisotopic (exact) mass is 186 g/mol. The van der Waals surface area contributed by atoms with Crippen molar-refractivity contribution in [1.82, 2.24) is 0 Å². The van der Waals surface area contributed by atoms with Crippen LogP contribution in [0.4, 0.5) is 0 Å². The number of aliphatic carboxylic acids is 1. The molecule has 0 spiro atoms. The lowest BCUT2D eigenvalue weighted by atomic mass is 9.93. The first kappa shape index (κ1) is 10.5. The third-order valence-corrected chi connectivity index (χ3v) is 2.68. The van der Waals surface area contributed by atoms with Crippen molar-refractivity contribution in [1.29, 1.82) is 0 Å². The summed E-state index contributed by atoms with van der Waals surface area (Å²) in [5.41, 5.74) is 0. The van der Waals surface area contributed by atoms with Gasteiger partial charge < -0.3 is 9.84 Å². The molecule has 1 fully saturated rings. The van der Waals surface area contributed by atoms with Crippen LogP contribution in [0, 0.1) is 11.8 Å². The fraction of sp³-hybridized carbons (Fsp3) is 0.900. The number of carbonyl (C=O) groups is 1. The topological polar surface area (TPSA) is 46.5 Å². The zero-order valence-electron chi connectivity index (χ0n) is 8.16. The molecule has 0 aromatic carbocycles. The molecule has 0 radical (unpaired) electrons. The maximum absolute atomic E-state index is 10.5. The molecule has 3 nitrogen and oxygen atoms in total. The second-order valence-corrected chi connectivity index (χ2v) is 3.90. The van der Waals surface area contributed by atoms with Crippen LogP contribution >= 0.6 is 0 Å². The van der Waals surface area contributed by atoms with Crippen molar-refractivity contribution in [3.63, 3.8) is 0 Å². The minimum atomic E-state index is -0.684. The summed E-state index contributed by atoms with van der Waals surface area (Å²) in [4.78, 5) is 10.5. The average molecular weight is 186 g/mol. The van der Waals surface area contributed by atoms with Gasteiger partial charge in [-0.15, -0.1) is 0 Å². The molecule has 0 saturated carbocycles. The summed E-state index contributed by atoms with van der Waals surface area (Å²) >= 11 is 0. The summed E-state index contributed by atoms with van der Waals surface area (Å²) in [6.07, 6.45) is 4.11. The zero-order valence-corrected chi connectivity index (χ0v) is 8.16. The van der Waals surface area contributed by atoms with Crippen molar-refractivity contribution in [3.8, 4) is 0 Å². The quantitative estimate of drug-likeness (QED) is 0.729. The molecule has 76 valence electrons. The molecule has 1 saturated heterocycles. The van der Waals surface area contributed by atoms with Gasteiger partial charge >= 0.3 is 5.97 Å². The van der Waals surface area contributed by atoms with Gasteiger partial charge in [-0.05, 0) is 31.6 Å². The van der Waals surface area contributed by atoms with Crippen LogP contribution in [-0.2, 0) is 9.53 Å². The van der Waals surface area contributed by atoms with Gasteiger partial charge in [0.1, 0.15) is 0 Å². The SMILES string of the molecule is CC(CCC1CCCOC1)C(=O)O. The van der Waals surface area contributed by atoms with Gasteiger partial charge in [-0.2, -0.15) is 0 Å². The molecule has 2 unspecified atom stereocenters. The molecular formula is C10H18O3. The lowest BCUT2D eigenvalue weighted by Gasteiger charge is -2.22. The molecule has 0 aromatic rings. The van der Waals surface area contributed by atoms with Crippen LogP contribution < -0.4 is 0 Å². The zero-order chi connectivity index (χ0) is 9.68. The van der Waals surface area contributed by atoms with E-state index in [4.69, 9.17) is 9.84 Å². The highest BCUT2D eigenvalue weighted by molar-refractivity contribution is 5.69. The Labute approximate surface area is 79.1 Å². The fourth-order valence-corrected chi connectivity index (χ4v) is 1.64. The van der Waals surface area contributed by atoms with Gasteiger partial charge in [-0.3, -0.25) is 4.79 Å². The fourth-order valence-electron chi connectivity index (χ4n) is 1.64. The van der Waals surface area contributed by atoms with E-state index in [1.54, 1.807) is 6.92 Å². The minimum absolute atomic E-state index is 0.207. The van der Waals surface area contributed by atoms with Crippen LogP contribution in [0.15, 0.2) is 0 Å². The van der Waals surface area contributed by atoms with Crippen molar-refractivity contribution in [2.45, 2.75) is 32.6 Å². The average Bonchev–Trinajstić information content (AvgIpc) is 2.15. The molecule has 2 atom stereocenters. The molecule has 0 aliphatic carbocycles. The Bertz CT molecular complexity index is 162. The molecular weight excluding hydrogens is 168 g/mol. The Kier molecular flexibility index (Phi) is 4.22. The Balaban J connectivity index is 2.13. The second-order valence-electron chi connectivity index (χ2n) is 3.90. The summed E-state index contributed by atoms with van der Waals surface area (Å²) < 4.78 is 5.33. The van der Waals surface area contributed by atoms with Crippen molar-refractivity contribution >= 4 is 5.97 Å². The molecule has 0 aromatic heterocycles. The van der Waals surface area contributed by atoms with E-state index in [9.17, 15) is 4.79 Å². The maximum Gasteiger partial charge on any atom is 0.306 e. The number of carboxylic acids is 1. The molecule has 13 heavy (non-hydrogen) atoms. The maximum atomic E-state index is 10.5. The molecule has 0 bridgehead atoms. The second kappa shape index (κ2) is 5.22. The molecule has 1 aliphatic heterocycles. The van der Waals surface area contributed by atoms with E-state index in [1.165, 1.54) is 6.42 Å². The van der Waals surface area contributed by atoms with Crippen molar-refractivity contribution < 1.29 is 14.6 Å². The standard InChI is InChI=1S/C10H18O3/c1-8(10(11)12)4-5-9-3-2-6-13-7-9/h8-9H,2-7H2,1H3,(H,11,12). The van der Waals surface area contributed by atoms with E-state index in [0.717, 1.165) is 32.5 Å². The molecule has 1 rings (SSSR count). The lowest BCUT2D eigenvalue weighted by Crippen LogP contribution is -2.19. The third-order valence-electron chi connectivity index (χ3n) is 2.68. The van der Waals surface area contributed by atoms with Gasteiger partial charge in [-0.25, -0.2) is 0 Å². The Hall–Kier alpha value is -0.570. The van der Waals surface area contributed by atoms with Crippen molar-refractivity contribution in [2.24, 2.45) is 11.8 Å². The first-order chi connectivity index (χ1) is 6.20. The Morgan fingerprint density at radius 3 is 3.00 bits per heavy atom. The molecule has 1 heterocycles. The highest BCUT2D eigenvalue weighted by atomic mass is 16.5. The summed E-state index contributed by atoms with van der Waals surface area (Å²) in [5, 5.41) is 8.68. The van der Waals surface area contributed by atoms with Gasteiger partial charge in [0.25, 0.3) is 0 Å². The number of carboxylic acid groups (broad SMARTS) is 1. The van der Waals surface area contributed by atoms with E-state index in [2.05, 4.69) is 0 Å². The number of hydrogen-bond donors (Lipinski definition) is 1. The Morgan fingerprint density at radius 1 is 1.69 bits per heavy atom. The summed E-state index contributed by atoms with van der Waals surface area (Å²) in [6, 6.07) is 0. The van der Waals surface area contributed by atoms with Crippen molar-refractivity contribution in [3.05, 3.63) is 0 Å². The molecule has 0 amide bonds. The predicted octanol–water partition coefficient (Wildman–Crippen LogP) is 1.91. The first-order valence-electron chi connectivity index (χ1n) is 5.00. The van der Waals surface area contributed by atoms with Crippen LogP contribution in [-0.4, -0.2) is 24.3 Å². The smallest absolute Gasteiger partial charge is 0.306 e. The van der Waals surface area contributed by atoms with Crippen LogP contribution in [0.2, 0.25) is 0 Å². The van der Waals surface area contributed by atoms with E-state index >= 15 is 0 Å². The number of rotatable bonds is 4. The van der Waals surface area contributed by atoms with E-state index in [1.807, 2.05) is 0 Å². The predicted molar refractivity (Wildman–Crippen MR) is 49.6 cm³/mol. The van der Waals surface area contributed by atoms with E-state index < -0.39 is 5.97 Å². The van der Waals surface area contributed by atoms with Gasteiger partial charge in [0.05, 0.1) is 5.92 Å². The summed E-state index contributed by atoms with van der Waals surface area (Å²) in [6.45, 7) is 3.48. The van der Waals surface area contributed by atoms with Crippen LogP contribution in [0.3, 0.4) is 0 Å². The van der Waals surface area contributed by atoms with Crippen LogP contribution in [0.25, 0.3) is 0 Å². The normalized spacial score (nSPS) is 25.5. The van der Waals surface area contributed by atoms with E-state index in [-0.39, 0.29) is 5.92 Å². The van der Waals surface area contributed by atoms with Crippen molar-refractivity contribution in [2.75, 3.05) is 13.2 Å². The first-order valence-corrected chi connectivity index (χ1v) is 5.00. The van der Waals surface area contributed by atoms with Gasteiger partial charge in [0, 0.05) is 13.2 Å². The molecule has 1 aliphatic rings. The third kappa shape index (κ3) is 3.77. The lowest BCUT2D eigenvalue weighted by molar-refractivity contribution is -0.141. The molecule has 1 N–H and O–H groups in total. The minimum Gasteiger partial charge on any atom is -0.481 e.